The molecule has 0 aliphatic heterocycles. The smallest absolute Gasteiger partial charge is 0.141 e. The van der Waals surface area contributed by atoms with Gasteiger partial charge < -0.3 is 19.4 Å². The summed E-state index contributed by atoms with van der Waals surface area (Å²) in [6.45, 7) is 6.61. The maximum atomic E-state index is 13.7. The number of hydrogen-bond donors (Lipinski definition) is 2. The average Bonchev–Trinajstić information content (AvgIpc) is 3.61. The van der Waals surface area contributed by atoms with Crippen LogP contribution in [0.5, 0.6) is 0 Å². The maximum Gasteiger partial charge on any atom is 0.141 e. The van der Waals surface area contributed by atoms with Gasteiger partial charge in [0.05, 0.1) is 37.5 Å². The molecular formula is C33H34FN6O3P. The highest BCUT2D eigenvalue weighted by atomic mass is 31.2. The second-order valence-electron chi connectivity index (χ2n) is 11.5. The summed E-state index contributed by atoms with van der Waals surface area (Å²) in [5, 5.41) is 20.0. The van der Waals surface area contributed by atoms with E-state index >= 15 is 0 Å². The fourth-order valence-electron chi connectivity index (χ4n) is 5.13. The van der Waals surface area contributed by atoms with Gasteiger partial charge in [-0.1, -0.05) is 12.1 Å². The van der Waals surface area contributed by atoms with Crippen molar-refractivity contribution >= 4 is 40.5 Å². The molecule has 6 rings (SSSR count). The molecule has 0 amide bonds. The molecule has 226 valence electrons. The number of benzene rings is 3. The first-order valence-electron chi connectivity index (χ1n) is 14.4. The van der Waals surface area contributed by atoms with Crippen LogP contribution >= 0.6 is 7.14 Å². The largest absolute Gasteiger partial charge is 0.460 e. The Morgan fingerprint density at radius 3 is 2.73 bits per heavy atom. The zero-order valence-corrected chi connectivity index (χ0v) is 25.7. The lowest BCUT2D eigenvalue weighted by molar-refractivity contribution is 0.0131. The predicted molar refractivity (Wildman–Crippen MR) is 172 cm³/mol. The minimum Gasteiger partial charge on any atom is -0.460 e. The number of anilines is 2. The molecule has 0 radical (unpaired) electrons. The van der Waals surface area contributed by atoms with Crippen molar-refractivity contribution in [1.82, 2.24) is 24.6 Å². The van der Waals surface area contributed by atoms with Gasteiger partial charge in [-0.05, 0) is 86.5 Å². The molecule has 3 aromatic heterocycles. The summed E-state index contributed by atoms with van der Waals surface area (Å²) in [4.78, 5) is 10.8. The van der Waals surface area contributed by atoms with E-state index in [1.807, 2.05) is 64.2 Å². The third-order valence-corrected chi connectivity index (χ3v) is 8.80. The molecule has 0 saturated carbocycles. The molecule has 0 fully saturated rings. The molecule has 0 spiro atoms. The Bertz CT molecular complexity index is 1980. The summed E-state index contributed by atoms with van der Waals surface area (Å²) in [7, 11) is -2.20. The molecule has 3 heterocycles. The number of hydrogen-bond acceptors (Lipinski definition) is 8. The van der Waals surface area contributed by atoms with Crippen LogP contribution in [0.15, 0.2) is 89.7 Å². The quantitative estimate of drug-likeness (QED) is 0.120. The minimum atomic E-state index is -2.20. The SMILES string of the molecule is CC(O)N(CCP(C)(C)=O)Cc1ccc(-c2ccc3ncnc(Nc4ccc5c(cnn5Cc5cccc(F)c5)c4)c3c2)o1. The number of furan rings is 1. The number of fused-ring (bicyclic) bond motifs is 2. The molecule has 1 atom stereocenters. The average molecular weight is 613 g/mol. The molecule has 0 saturated heterocycles. The van der Waals surface area contributed by atoms with Crippen molar-refractivity contribution in [2.45, 2.75) is 26.2 Å². The topological polar surface area (TPSA) is 109 Å². The van der Waals surface area contributed by atoms with Gasteiger partial charge in [0.2, 0.25) is 0 Å². The van der Waals surface area contributed by atoms with Gasteiger partial charge in [0.1, 0.15) is 35.7 Å². The molecular weight excluding hydrogens is 578 g/mol. The monoisotopic (exact) mass is 612 g/mol. The highest BCUT2D eigenvalue weighted by Gasteiger charge is 2.18. The number of aromatic nitrogens is 4. The van der Waals surface area contributed by atoms with Crippen molar-refractivity contribution in [2.24, 2.45) is 0 Å². The molecule has 0 aliphatic rings. The normalized spacial score (nSPS) is 12.8. The third-order valence-electron chi connectivity index (χ3n) is 7.52. The summed E-state index contributed by atoms with van der Waals surface area (Å²) < 4.78 is 33.9. The first kappa shape index (κ1) is 29.7. The molecule has 9 nitrogen and oxygen atoms in total. The maximum absolute atomic E-state index is 13.7. The van der Waals surface area contributed by atoms with Gasteiger partial charge in [-0.3, -0.25) is 9.58 Å². The van der Waals surface area contributed by atoms with Gasteiger partial charge in [-0.2, -0.15) is 5.10 Å². The van der Waals surface area contributed by atoms with Gasteiger partial charge >= 0.3 is 0 Å². The van der Waals surface area contributed by atoms with Crippen LogP contribution in [0.2, 0.25) is 0 Å². The van der Waals surface area contributed by atoms with E-state index in [1.54, 1.807) is 32.5 Å². The number of nitrogens with one attached hydrogen (secondary N) is 1. The van der Waals surface area contributed by atoms with E-state index in [4.69, 9.17) is 4.42 Å². The summed E-state index contributed by atoms with van der Waals surface area (Å²) in [6, 6.07) is 22.2. The molecule has 3 aromatic carbocycles. The summed E-state index contributed by atoms with van der Waals surface area (Å²) in [5.74, 6) is 1.78. The lowest BCUT2D eigenvalue weighted by Crippen LogP contribution is -2.34. The zero-order chi connectivity index (χ0) is 30.8. The van der Waals surface area contributed by atoms with Crippen molar-refractivity contribution in [2.75, 3.05) is 31.4 Å². The molecule has 2 N–H and O–H groups in total. The summed E-state index contributed by atoms with van der Waals surface area (Å²) >= 11 is 0. The Morgan fingerprint density at radius 1 is 1.07 bits per heavy atom. The van der Waals surface area contributed by atoms with Crippen molar-refractivity contribution in [3.8, 4) is 11.3 Å². The standard InChI is InChI=1S/C33H34FN6O3P/c1-22(41)39(13-14-44(2,3)42)20-28-9-12-32(43-28)24-7-10-30-29(17-24)33(36-21-35-30)38-27-8-11-31-25(16-27)18-37-40(31)19-23-5-4-6-26(34)15-23/h4-12,15-18,21-22,41H,13-14,19-20H2,1-3H3,(H,35,36,38). The van der Waals surface area contributed by atoms with Gasteiger partial charge in [-0.15, -0.1) is 0 Å². The van der Waals surface area contributed by atoms with E-state index in [9.17, 15) is 14.1 Å². The van der Waals surface area contributed by atoms with Crippen molar-refractivity contribution in [3.63, 3.8) is 0 Å². The second kappa shape index (κ2) is 12.3. The molecule has 1 unspecified atom stereocenters. The fraction of sp³-hybridized carbons (Fsp3) is 0.242. The van der Waals surface area contributed by atoms with Crippen LogP contribution in [0.4, 0.5) is 15.9 Å². The predicted octanol–water partition coefficient (Wildman–Crippen LogP) is 6.93. The second-order valence-corrected chi connectivity index (χ2v) is 15.0. The molecule has 44 heavy (non-hydrogen) atoms. The highest BCUT2D eigenvalue weighted by Crippen LogP contribution is 2.36. The molecule has 0 bridgehead atoms. The van der Waals surface area contributed by atoms with Crippen LogP contribution in [-0.2, 0) is 17.7 Å². The first-order valence-corrected chi connectivity index (χ1v) is 17.2. The number of rotatable bonds is 11. The van der Waals surface area contributed by atoms with Crippen LogP contribution in [0.1, 0.15) is 18.2 Å². The number of nitrogens with zero attached hydrogens (tertiary/aromatic N) is 5. The summed E-state index contributed by atoms with van der Waals surface area (Å²) in [6.07, 6.45) is 3.16. The Morgan fingerprint density at radius 2 is 1.93 bits per heavy atom. The lowest BCUT2D eigenvalue weighted by Gasteiger charge is -2.25. The Labute approximate surface area is 254 Å². The van der Waals surface area contributed by atoms with Crippen LogP contribution in [0.25, 0.3) is 33.1 Å². The first-order chi connectivity index (χ1) is 21.1. The van der Waals surface area contributed by atoms with E-state index in [0.29, 0.717) is 43.1 Å². The van der Waals surface area contributed by atoms with E-state index in [1.165, 1.54) is 18.5 Å². The van der Waals surface area contributed by atoms with Gasteiger partial charge in [0.25, 0.3) is 0 Å². The highest BCUT2D eigenvalue weighted by molar-refractivity contribution is 7.62. The van der Waals surface area contributed by atoms with E-state index in [0.717, 1.165) is 38.6 Å². The van der Waals surface area contributed by atoms with Crippen LogP contribution < -0.4 is 5.32 Å². The molecule has 0 aliphatic carbocycles. The fourth-order valence-corrected chi connectivity index (χ4v) is 5.87. The van der Waals surface area contributed by atoms with Crippen LogP contribution in [-0.4, -0.2) is 62.0 Å². The Balaban J connectivity index is 1.22. The van der Waals surface area contributed by atoms with Gasteiger partial charge in [0, 0.05) is 34.7 Å². The molecule has 11 heteroatoms. The number of halogens is 1. The Hall–Kier alpha value is -4.37. The Kier molecular flexibility index (Phi) is 8.31. The lowest BCUT2D eigenvalue weighted by atomic mass is 10.1. The van der Waals surface area contributed by atoms with Crippen molar-refractivity contribution in [1.29, 1.82) is 0 Å². The van der Waals surface area contributed by atoms with E-state index in [2.05, 4.69) is 20.4 Å². The van der Waals surface area contributed by atoms with Gasteiger partial charge in [0.15, 0.2) is 0 Å². The van der Waals surface area contributed by atoms with E-state index in [-0.39, 0.29) is 5.82 Å². The van der Waals surface area contributed by atoms with Gasteiger partial charge in [-0.25, -0.2) is 14.4 Å². The van der Waals surface area contributed by atoms with Crippen molar-refractivity contribution in [3.05, 3.63) is 102 Å². The van der Waals surface area contributed by atoms with Crippen molar-refractivity contribution < 1.29 is 18.5 Å². The number of aliphatic hydroxyl groups is 1. The minimum absolute atomic E-state index is 0.265. The summed E-state index contributed by atoms with van der Waals surface area (Å²) in [5.41, 5.74) is 4.27. The van der Waals surface area contributed by atoms with Crippen LogP contribution in [0.3, 0.4) is 0 Å². The van der Waals surface area contributed by atoms with E-state index < -0.39 is 13.4 Å². The van der Waals surface area contributed by atoms with Crippen LogP contribution in [0, 0.1) is 5.82 Å². The zero-order valence-electron chi connectivity index (χ0n) is 24.8. The number of aliphatic hydroxyl groups excluding tert-OH is 1. The third kappa shape index (κ3) is 6.89. The molecule has 6 aromatic rings.